The summed E-state index contributed by atoms with van der Waals surface area (Å²) in [5, 5.41) is 9.09. The van der Waals surface area contributed by atoms with Gasteiger partial charge >= 0.3 is 0 Å². The number of hydrogen-bond acceptors (Lipinski definition) is 2. The third-order valence-electron chi connectivity index (χ3n) is 3.89. The first-order valence-electron chi connectivity index (χ1n) is 5.66. The van der Waals surface area contributed by atoms with Crippen LogP contribution in [0.3, 0.4) is 0 Å². The van der Waals surface area contributed by atoms with Gasteiger partial charge in [0.15, 0.2) is 0 Å². The number of aliphatic hydroxyl groups excluding tert-OH is 1. The van der Waals surface area contributed by atoms with E-state index in [1.165, 1.54) is 38.8 Å². The fourth-order valence-corrected chi connectivity index (χ4v) is 2.92. The van der Waals surface area contributed by atoms with Crippen LogP contribution < -0.4 is 0 Å². The van der Waals surface area contributed by atoms with Crippen molar-refractivity contribution in [2.75, 3.05) is 19.7 Å². The summed E-state index contributed by atoms with van der Waals surface area (Å²) in [5.74, 6) is 1.89. The molecule has 0 spiro atoms. The van der Waals surface area contributed by atoms with E-state index in [9.17, 15) is 0 Å². The van der Waals surface area contributed by atoms with Crippen LogP contribution in [-0.2, 0) is 0 Å². The Kier molecular flexibility index (Phi) is 2.89. The topological polar surface area (TPSA) is 23.5 Å². The smallest absolute Gasteiger partial charge is 0.0584 e. The molecule has 1 aliphatic carbocycles. The van der Waals surface area contributed by atoms with Crippen molar-refractivity contribution in [3.05, 3.63) is 0 Å². The summed E-state index contributed by atoms with van der Waals surface area (Å²) in [6, 6.07) is 0.380. The molecule has 3 atom stereocenters. The van der Waals surface area contributed by atoms with Gasteiger partial charge in [0.05, 0.1) is 6.61 Å². The van der Waals surface area contributed by atoms with Crippen molar-refractivity contribution in [1.29, 1.82) is 0 Å². The van der Waals surface area contributed by atoms with Crippen molar-refractivity contribution >= 4 is 0 Å². The maximum Gasteiger partial charge on any atom is 0.0584 e. The molecule has 0 bridgehead atoms. The van der Waals surface area contributed by atoms with E-state index in [2.05, 4.69) is 11.8 Å². The van der Waals surface area contributed by atoms with Gasteiger partial charge in [-0.2, -0.15) is 0 Å². The summed E-state index contributed by atoms with van der Waals surface area (Å²) in [4.78, 5) is 2.47. The molecule has 2 fully saturated rings. The molecule has 0 aromatic heterocycles. The van der Waals surface area contributed by atoms with Crippen molar-refractivity contribution < 1.29 is 5.11 Å². The molecular formula is C11H21NO. The van der Waals surface area contributed by atoms with Gasteiger partial charge in [-0.1, -0.05) is 12.8 Å². The molecule has 1 N–H and O–H groups in total. The Labute approximate surface area is 80.9 Å². The van der Waals surface area contributed by atoms with Gasteiger partial charge < -0.3 is 5.11 Å². The summed E-state index contributed by atoms with van der Waals surface area (Å²) < 4.78 is 0. The molecule has 2 heteroatoms. The molecule has 13 heavy (non-hydrogen) atoms. The third kappa shape index (κ3) is 1.89. The molecular weight excluding hydrogens is 162 g/mol. The maximum atomic E-state index is 9.09. The van der Waals surface area contributed by atoms with Crippen LogP contribution in [0.2, 0.25) is 0 Å². The fraction of sp³-hybridized carbons (Fsp3) is 1.00. The SMILES string of the molecule is CC(CO)N1CC2CCCCC2C1. The van der Waals surface area contributed by atoms with Gasteiger partial charge in [0, 0.05) is 19.1 Å². The molecule has 2 rings (SSSR count). The zero-order chi connectivity index (χ0) is 9.26. The second-order valence-corrected chi connectivity index (χ2v) is 4.79. The van der Waals surface area contributed by atoms with E-state index in [0.717, 1.165) is 11.8 Å². The maximum absolute atomic E-state index is 9.09. The number of likely N-dealkylation sites (tertiary alicyclic amines) is 1. The summed E-state index contributed by atoms with van der Waals surface area (Å²) >= 11 is 0. The van der Waals surface area contributed by atoms with Crippen LogP contribution >= 0.6 is 0 Å². The van der Waals surface area contributed by atoms with E-state index < -0.39 is 0 Å². The largest absolute Gasteiger partial charge is 0.395 e. The summed E-state index contributed by atoms with van der Waals surface area (Å²) in [6.45, 7) is 4.94. The number of rotatable bonds is 2. The first-order valence-corrected chi connectivity index (χ1v) is 5.66. The fourth-order valence-electron chi connectivity index (χ4n) is 2.92. The molecule has 2 aliphatic rings. The highest BCUT2D eigenvalue weighted by Crippen LogP contribution is 2.36. The van der Waals surface area contributed by atoms with Gasteiger partial charge in [0.1, 0.15) is 0 Å². The van der Waals surface area contributed by atoms with Crippen LogP contribution in [0.15, 0.2) is 0 Å². The lowest BCUT2D eigenvalue weighted by Gasteiger charge is -2.23. The van der Waals surface area contributed by atoms with Gasteiger partial charge in [-0.3, -0.25) is 4.90 Å². The van der Waals surface area contributed by atoms with Crippen molar-refractivity contribution in [2.24, 2.45) is 11.8 Å². The van der Waals surface area contributed by atoms with Crippen LogP contribution in [0.4, 0.5) is 0 Å². The number of hydrogen-bond donors (Lipinski definition) is 1. The van der Waals surface area contributed by atoms with Crippen LogP contribution in [0.1, 0.15) is 32.6 Å². The highest BCUT2D eigenvalue weighted by Gasteiger charge is 2.35. The molecule has 1 saturated heterocycles. The summed E-state index contributed by atoms with van der Waals surface area (Å²) in [7, 11) is 0. The van der Waals surface area contributed by atoms with Gasteiger partial charge in [-0.15, -0.1) is 0 Å². The Hall–Kier alpha value is -0.0800. The minimum atomic E-state index is 0.319. The molecule has 1 saturated carbocycles. The van der Waals surface area contributed by atoms with Gasteiger partial charge in [0.25, 0.3) is 0 Å². The second-order valence-electron chi connectivity index (χ2n) is 4.79. The average Bonchev–Trinajstić information content (AvgIpc) is 2.59. The van der Waals surface area contributed by atoms with E-state index >= 15 is 0 Å². The van der Waals surface area contributed by atoms with Gasteiger partial charge in [-0.25, -0.2) is 0 Å². The van der Waals surface area contributed by atoms with E-state index in [1.807, 2.05) is 0 Å². The third-order valence-corrected chi connectivity index (χ3v) is 3.89. The van der Waals surface area contributed by atoms with Crippen LogP contribution in [0, 0.1) is 11.8 Å². The minimum absolute atomic E-state index is 0.319. The lowest BCUT2D eigenvalue weighted by atomic mass is 9.82. The first kappa shape index (κ1) is 9.47. The molecule has 1 aliphatic heterocycles. The standard InChI is InChI=1S/C11H21NO/c1-9(8-13)12-6-10-4-2-3-5-11(10)7-12/h9-11,13H,2-8H2,1H3. The Morgan fingerprint density at radius 2 is 1.77 bits per heavy atom. The molecule has 1 heterocycles. The molecule has 0 aromatic rings. The van der Waals surface area contributed by atoms with Crippen LogP contribution in [0.25, 0.3) is 0 Å². The summed E-state index contributed by atoms with van der Waals surface area (Å²) in [6.07, 6.45) is 5.73. The van der Waals surface area contributed by atoms with E-state index in [0.29, 0.717) is 12.6 Å². The van der Waals surface area contributed by atoms with E-state index in [-0.39, 0.29) is 0 Å². The van der Waals surface area contributed by atoms with Crippen molar-refractivity contribution in [2.45, 2.75) is 38.6 Å². The zero-order valence-electron chi connectivity index (χ0n) is 8.58. The van der Waals surface area contributed by atoms with Gasteiger partial charge in [-0.05, 0) is 31.6 Å². The lowest BCUT2D eigenvalue weighted by Crippen LogP contribution is -2.33. The predicted molar refractivity (Wildman–Crippen MR) is 53.6 cm³/mol. The number of nitrogens with zero attached hydrogens (tertiary/aromatic N) is 1. The normalized spacial score (nSPS) is 37.4. The quantitative estimate of drug-likeness (QED) is 0.701. The van der Waals surface area contributed by atoms with Crippen molar-refractivity contribution in [3.8, 4) is 0 Å². The van der Waals surface area contributed by atoms with Crippen LogP contribution in [0.5, 0.6) is 0 Å². The van der Waals surface area contributed by atoms with E-state index in [4.69, 9.17) is 5.11 Å². The monoisotopic (exact) mass is 183 g/mol. The Bertz CT molecular complexity index is 157. The number of fused-ring (bicyclic) bond motifs is 1. The Balaban J connectivity index is 1.91. The summed E-state index contributed by atoms with van der Waals surface area (Å²) in [5.41, 5.74) is 0. The zero-order valence-corrected chi connectivity index (χ0v) is 8.58. The minimum Gasteiger partial charge on any atom is -0.395 e. The van der Waals surface area contributed by atoms with Crippen LogP contribution in [-0.4, -0.2) is 35.7 Å². The molecule has 76 valence electrons. The highest BCUT2D eigenvalue weighted by molar-refractivity contribution is 4.88. The highest BCUT2D eigenvalue weighted by atomic mass is 16.3. The Morgan fingerprint density at radius 3 is 2.23 bits per heavy atom. The molecule has 2 nitrogen and oxygen atoms in total. The molecule has 0 amide bonds. The first-order chi connectivity index (χ1) is 6.31. The van der Waals surface area contributed by atoms with Crippen molar-refractivity contribution in [1.82, 2.24) is 4.90 Å². The Morgan fingerprint density at radius 1 is 1.23 bits per heavy atom. The number of aliphatic hydroxyl groups is 1. The molecule has 0 radical (unpaired) electrons. The molecule has 3 unspecified atom stereocenters. The van der Waals surface area contributed by atoms with Crippen molar-refractivity contribution in [3.63, 3.8) is 0 Å². The van der Waals surface area contributed by atoms with E-state index in [1.54, 1.807) is 0 Å². The predicted octanol–water partition coefficient (Wildman–Crippen LogP) is 1.49. The molecule has 0 aromatic carbocycles. The lowest BCUT2D eigenvalue weighted by molar-refractivity contribution is 0.152. The van der Waals surface area contributed by atoms with Gasteiger partial charge in [0.2, 0.25) is 0 Å². The second kappa shape index (κ2) is 3.97. The average molecular weight is 183 g/mol.